The minimum Gasteiger partial charge on any atom is -0.396 e. The molecule has 0 saturated heterocycles. The first-order chi connectivity index (χ1) is 6.40. The van der Waals surface area contributed by atoms with Crippen LogP contribution in [0.2, 0.25) is 0 Å². The van der Waals surface area contributed by atoms with E-state index in [1.54, 1.807) is 18.1 Å². The van der Waals surface area contributed by atoms with Gasteiger partial charge in [-0.15, -0.1) is 11.8 Å². The van der Waals surface area contributed by atoms with Gasteiger partial charge in [-0.2, -0.15) is 0 Å². The van der Waals surface area contributed by atoms with Gasteiger partial charge >= 0.3 is 0 Å². The van der Waals surface area contributed by atoms with Gasteiger partial charge in [0.05, 0.1) is 24.0 Å². The number of benzene rings is 1. The SMILES string of the molecule is OCCSc1ccc2[nH]cnc2c1. The van der Waals surface area contributed by atoms with Crippen LogP contribution >= 0.6 is 11.8 Å². The van der Waals surface area contributed by atoms with Crippen molar-refractivity contribution < 1.29 is 5.11 Å². The van der Waals surface area contributed by atoms with Crippen molar-refractivity contribution in [2.45, 2.75) is 4.90 Å². The lowest BCUT2D eigenvalue weighted by Crippen LogP contribution is -1.85. The number of nitrogens with one attached hydrogen (secondary N) is 1. The maximum atomic E-state index is 8.66. The predicted octanol–water partition coefficient (Wildman–Crippen LogP) is 1.65. The van der Waals surface area contributed by atoms with Crippen LogP contribution in [0.1, 0.15) is 0 Å². The number of rotatable bonds is 3. The highest BCUT2D eigenvalue weighted by Gasteiger charge is 1.97. The lowest BCUT2D eigenvalue weighted by atomic mass is 10.3. The van der Waals surface area contributed by atoms with Crippen molar-refractivity contribution in [1.29, 1.82) is 0 Å². The third-order valence-electron chi connectivity index (χ3n) is 1.75. The number of thioether (sulfide) groups is 1. The normalized spacial score (nSPS) is 10.8. The fourth-order valence-electron chi connectivity index (χ4n) is 1.16. The van der Waals surface area contributed by atoms with Gasteiger partial charge in [-0.1, -0.05) is 0 Å². The van der Waals surface area contributed by atoms with Crippen LogP contribution in [0.25, 0.3) is 11.0 Å². The van der Waals surface area contributed by atoms with Crippen molar-refractivity contribution in [2.24, 2.45) is 0 Å². The zero-order chi connectivity index (χ0) is 9.10. The molecule has 68 valence electrons. The van der Waals surface area contributed by atoms with Crippen molar-refractivity contribution in [3.05, 3.63) is 24.5 Å². The number of nitrogens with zero attached hydrogens (tertiary/aromatic N) is 1. The molecule has 0 bridgehead atoms. The van der Waals surface area contributed by atoms with Gasteiger partial charge < -0.3 is 10.1 Å². The van der Waals surface area contributed by atoms with E-state index in [2.05, 4.69) is 9.97 Å². The Morgan fingerprint density at radius 3 is 3.23 bits per heavy atom. The number of imidazole rings is 1. The Morgan fingerprint density at radius 1 is 1.46 bits per heavy atom. The summed E-state index contributed by atoms with van der Waals surface area (Å²) >= 11 is 1.63. The van der Waals surface area contributed by atoms with Crippen LogP contribution in [0, 0.1) is 0 Å². The largest absolute Gasteiger partial charge is 0.396 e. The first-order valence-corrected chi connectivity index (χ1v) is 5.05. The number of aliphatic hydroxyl groups excluding tert-OH is 1. The molecule has 2 rings (SSSR count). The first kappa shape index (κ1) is 8.59. The van der Waals surface area contributed by atoms with Crippen LogP contribution in [-0.4, -0.2) is 27.4 Å². The van der Waals surface area contributed by atoms with E-state index < -0.39 is 0 Å². The molecule has 0 saturated carbocycles. The second-order valence-corrected chi connectivity index (χ2v) is 3.82. The summed E-state index contributed by atoms with van der Waals surface area (Å²) in [4.78, 5) is 8.34. The van der Waals surface area contributed by atoms with Gasteiger partial charge in [-0.05, 0) is 18.2 Å². The summed E-state index contributed by atoms with van der Waals surface area (Å²) in [5.41, 5.74) is 2.02. The number of hydrogen-bond acceptors (Lipinski definition) is 3. The number of aromatic amines is 1. The molecule has 2 N–H and O–H groups in total. The molecule has 0 radical (unpaired) electrons. The summed E-state index contributed by atoms with van der Waals surface area (Å²) in [6.07, 6.45) is 1.69. The number of fused-ring (bicyclic) bond motifs is 1. The topological polar surface area (TPSA) is 48.9 Å². The molecular weight excluding hydrogens is 184 g/mol. The molecule has 1 aromatic heterocycles. The van der Waals surface area contributed by atoms with Gasteiger partial charge in [0.25, 0.3) is 0 Å². The molecule has 2 aromatic rings. The van der Waals surface area contributed by atoms with Crippen LogP contribution in [0.4, 0.5) is 0 Å². The number of aliphatic hydroxyl groups is 1. The highest BCUT2D eigenvalue weighted by Crippen LogP contribution is 2.21. The molecule has 3 nitrogen and oxygen atoms in total. The summed E-state index contributed by atoms with van der Waals surface area (Å²) in [5.74, 6) is 0.732. The second-order valence-electron chi connectivity index (χ2n) is 2.65. The van der Waals surface area contributed by atoms with E-state index in [0.717, 1.165) is 21.7 Å². The molecule has 0 fully saturated rings. The molecular formula is C9H10N2OS. The Kier molecular flexibility index (Phi) is 2.52. The minimum absolute atomic E-state index is 0.212. The molecule has 1 heterocycles. The van der Waals surface area contributed by atoms with Gasteiger partial charge in [0.2, 0.25) is 0 Å². The van der Waals surface area contributed by atoms with E-state index in [9.17, 15) is 0 Å². The molecule has 0 unspecified atom stereocenters. The maximum absolute atomic E-state index is 8.66. The molecule has 0 amide bonds. The number of hydrogen-bond donors (Lipinski definition) is 2. The zero-order valence-electron chi connectivity index (χ0n) is 7.03. The zero-order valence-corrected chi connectivity index (χ0v) is 7.84. The van der Waals surface area contributed by atoms with E-state index in [1.807, 2.05) is 18.2 Å². The van der Waals surface area contributed by atoms with Crippen LogP contribution in [-0.2, 0) is 0 Å². The fraction of sp³-hybridized carbons (Fsp3) is 0.222. The summed E-state index contributed by atoms with van der Waals surface area (Å²) in [5, 5.41) is 8.66. The Bertz CT molecular complexity index is 399. The van der Waals surface area contributed by atoms with Crippen molar-refractivity contribution in [3.63, 3.8) is 0 Å². The van der Waals surface area contributed by atoms with E-state index in [4.69, 9.17) is 5.11 Å². The van der Waals surface area contributed by atoms with Crippen LogP contribution in [0.15, 0.2) is 29.4 Å². The smallest absolute Gasteiger partial charge is 0.0931 e. The number of H-pyrrole nitrogens is 1. The van der Waals surface area contributed by atoms with Crippen molar-refractivity contribution in [1.82, 2.24) is 9.97 Å². The summed E-state index contributed by atoms with van der Waals surface area (Å²) in [6.45, 7) is 0.212. The van der Waals surface area contributed by atoms with Gasteiger partial charge in [0.1, 0.15) is 0 Å². The van der Waals surface area contributed by atoms with Crippen molar-refractivity contribution in [3.8, 4) is 0 Å². The Balaban J connectivity index is 2.26. The number of aromatic nitrogens is 2. The average Bonchev–Trinajstić information content (AvgIpc) is 2.61. The van der Waals surface area contributed by atoms with Crippen LogP contribution < -0.4 is 0 Å². The van der Waals surface area contributed by atoms with Gasteiger partial charge in [-0.25, -0.2) is 4.98 Å². The van der Waals surface area contributed by atoms with E-state index in [1.165, 1.54) is 0 Å². The second kappa shape index (κ2) is 3.81. The average molecular weight is 194 g/mol. The van der Waals surface area contributed by atoms with E-state index in [-0.39, 0.29) is 6.61 Å². The molecule has 0 spiro atoms. The fourth-order valence-corrected chi connectivity index (χ4v) is 1.85. The minimum atomic E-state index is 0.212. The summed E-state index contributed by atoms with van der Waals surface area (Å²) < 4.78 is 0. The molecule has 0 atom stereocenters. The van der Waals surface area contributed by atoms with Crippen LogP contribution in [0.3, 0.4) is 0 Å². The van der Waals surface area contributed by atoms with E-state index >= 15 is 0 Å². The third kappa shape index (κ3) is 1.84. The monoisotopic (exact) mass is 194 g/mol. The van der Waals surface area contributed by atoms with Gasteiger partial charge in [0, 0.05) is 10.6 Å². The molecule has 0 aliphatic rings. The lowest BCUT2D eigenvalue weighted by Gasteiger charge is -1.98. The molecule has 1 aromatic carbocycles. The Labute approximate surface area is 80.2 Å². The quantitative estimate of drug-likeness (QED) is 0.730. The summed E-state index contributed by atoms with van der Waals surface area (Å²) in [7, 11) is 0. The van der Waals surface area contributed by atoms with E-state index in [0.29, 0.717) is 0 Å². The molecule has 4 heteroatoms. The highest BCUT2D eigenvalue weighted by atomic mass is 32.2. The summed E-state index contributed by atoms with van der Waals surface area (Å²) in [6, 6.07) is 6.05. The first-order valence-electron chi connectivity index (χ1n) is 4.07. The molecule has 13 heavy (non-hydrogen) atoms. The molecule has 0 aliphatic heterocycles. The predicted molar refractivity (Wildman–Crippen MR) is 53.9 cm³/mol. The van der Waals surface area contributed by atoms with Crippen molar-refractivity contribution in [2.75, 3.05) is 12.4 Å². The Morgan fingerprint density at radius 2 is 2.38 bits per heavy atom. The maximum Gasteiger partial charge on any atom is 0.0931 e. The Hall–Kier alpha value is -1.00. The third-order valence-corrected chi connectivity index (χ3v) is 2.73. The lowest BCUT2D eigenvalue weighted by molar-refractivity contribution is 0.322. The van der Waals surface area contributed by atoms with Crippen molar-refractivity contribution >= 4 is 22.8 Å². The highest BCUT2D eigenvalue weighted by molar-refractivity contribution is 7.99. The molecule has 0 aliphatic carbocycles. The van der Waals surface area contributed by atoms with Gasteiger partial charge in [-0.3, -0.25) is 0 Å². The van der Waals surface area contributed by atoms with Gasteiger partial charge in [0.15, 0.2) is 0 Å². The van der Waals surface area contributed by atoms with Crippen LogP contribution in [0.5, 0.6) is 0 Å². The standard InChI is InChI=1S/C9H10N2OS/c12-3-4-13-7-1-2-8-9(5-7)11-6-10-8/h1-2,5-6,12H,3-4H2,(H,10,11).